The Kier molecular flexibility index (Phi) is 6.73. The van der Waals surface area contributed by atoms with Crippen LogP contribution in [0.3, 0.4) is 0 Å². The van der Waals surface area contributed by atoms with Crippen LogP contribution in [0.4, 0.5) is 0 Å². The number of hydrogen-bond acceptors (Lipinski definition) is 5. The summed E-state index contributed by atoms with van der Waals surface area (Å²) in [5.41, 5.74) is 1.23. The first-order valence-corrected chi connectivity index (χ1v) is 15.3. The Morgan fingerprint density at radius 2 is 1.53 bits per heavy atom. The maximum absolute atomic E-state index is 13.8. The van der Waals surface area contributed by atoms with Crippen molar-refractivity contribution < 1.29 is 24.2 Å². The molecule has 1 N–H and O–H groups in total. The highest BCUT2D eigenvalue weighted by Gasteiger charge is 2.72. The van der Waals surface area contributed by atoms with Crippen molar-refractivity contribution in [3.05, 3.63) is 12.2 Å². The lowest BCUT2D eigenvalue weighted by molar-refractivity contribution is -0.249. The lowest BCUT2D eigenvalue weighted by atomic mass is 9.32. The van der Waals surface area contributed by atoms with Gasteiger partial charge in [0.2, 0.25) is 6.79 Å². The van der Waals surface area contributed by atoms with E-state index in [2.05, 4.69) is 48.1 Å². The molecule has 0 heterocycles. The minimum absolute atomic E-state index is 0.0456. The van der Waals surface area contributed by atoms with Crippen molar-refractivity contribution in [1.82, 2.24) is 0 Å². The molecule has 5 heteroatoms. The van der Waals surface area contributed by atoms with Crippen molar-refractivity contribution in [3.8, 4) is 0 Å². The van der Waals surface area contributed by atoms with Crippen LogP contribution in [0.25, 0.3) is 0 Å². The highest BCUT2D eigenvalue weighted by Crippen LogP contribution is 2.77. The lowest BCUT2D eigenvalue weighted by Gasteiger charge is -2.72. The first kappa shape index (κ1) is 28.2. The third-order valence-corrected chi connectivity index (χ3v) is 13.9. The second-order valence-corrected chi connectivity index (χ2v) is 15.4. The average Bonchev–Trinajstić information content (AvgIpc) is 3.23. The van der Waals surface area contributed by atoms with Crippen LogP contribution in [0.1, 0.15) is 113 Å². The van der Waals surface area contributed by atoms with Gasteiger partial charge in [-0.3, -0.25) is 9.59 Å². The van der Waals surface area contributed by atoms with E-state index in [9.17, 15) is 14.7 Å². The van der Waals surface area contributed by atoms with Crippen molar-refractivity contribution in [3.63, 3.8) is 0 Å². The summed E-state index contributed by atoms with van der Waals surface area (Å²) in [6.45, 7) is 19.9. The van der Waals surface area contributed by atoms with Crippen LogP contribution in [0.2, 0.25) is 0 Å². The molecular formula is C33H52O5. The van der Waals surface area contributed by atoms with E-state index in [1.54, 1.807) is 0 Å². The number of aliphatic hydroxyl groups is 1. The van der Waals surface area contributed by atoms with Crippen LogP contribution in [-0.2, 0) is 19.1 Å². The second kappa shape index (κ2) is 9.08. The van der Waals surface area contributed by atoms with Gasteiger partial charge < -0.3 is 14.6 Å². The Morgan fingerprint density at radius 3 is 2.18 bits per heavy atom. The van der Waals surface area contributed by atoms with E-state index in [0.717, 1.165) is 44.9 Å². The largest absolute Gasteiger partial charge is 0.428 e. The average molecular weight is 529 g/mol. The number of fused-ring (bicyclic) bond motifs is 7. The molecule has 0 aromatic heterocycles. The van der Waals surface area contributed by atoms with Crippen molar-refractivity contribution in [2.45, 2.75) is 119 Å². The number of ether oxygens (including phenoxy) is 2. The van der Waals surface area contributed by atoms with E-state index in [1.807, 2.05) is 0 Å². The zero-order chi connectivity index (χ0) is 27.9. The lowest BCUT2D eigenvalue weighted by Crippen LogP contribution is -2.67. The third-order valence-electron chi connectivity index (χ3n) is 13.9. The van der Waals surface area contributed by atoms with E-state index in [-0.39, 0.29) is 46.4 Å². The molecule has 0 aliphatic heterocycles. The van der Waals surface area contributed by atoms with Crippen LogP contribution in [0.5, 0.6) is 0 Å². The molecular weight excluding hydrogens is 476 g/mol. The Balaban J connectivity index is 1.50. The zero-order valence-corrected chi connectivity index (χ0v) is 25.0. The topological polar surface area (TPSA) is 72.8 Å². The summed E-state index contributed by atoms with van der Waals surface area (Å²) < 4.78 is 10.7. The van der Waals surface area contributed by atoms with E-state index in [1.165, 1.54) is 31.8 Å². The minimum atomic E-state index is -0.505. The van der Waals surface area contributed by atoms with E-state index in [0.29, 0.717) is 23.7 Å². The highest BCUT2D eigenvalue weighted by molar-refractivity contribution is 5.78. The molecule has 214 valence electrons. The van der Waals surface area contributed by atoms with Gasteiger partial charge in [-0.1, -0.05) is 46.8 Å². The Labute approximate surface area is 230 Å². The molecule has 0 amide bonds. The van der Waals surface area contributed by atoms with E-state index in [4.69, 9.17) is 9.47 Å². The first-order valence-electron chi connectivity index (χ1n) is 15.3. The molecule has 5 saturated carbocycles. The smallest absolute Gasteiger partial charge is 0.315 e. The van der Waals surface area contributed by atoms with Gasteiger partial charge in [-0.05, 0) is 122 Å². The quantitative estimate of drug-likeness (QED) is 0.240. The zero-order valence-electron chi connectivity index (χ0n) is 25.0. The van der Waals surface area contributed by atoms with Gasteiger partial charge in [0.05, 0.1) is 11.5 Å². The van der Waals surface area contributed by atoms with Crippen LogP contribution in [0.15, 0.2) is 12.2 Å². The van der Waals surface area contributed by atoms with Gasteiger partial charge >= 0.3 is 11.9 Å². The Bertz CT molecular complexity index is 1000. The fraction of sp³-hybridized carbons (Fsp3) is 0.879. The van der Waals surface area contributed by atoms with Gasteiger partial charge in [0, 0.05) is 6.92 Å². The molecule has 0 aromatic carbocycles. The molecule has 0 saturated heterocycles. The summed E-state index contributed by atoms with van der Waals surface area (Å²) in [5.74, 6) is 1.60. The SMILES string of the molecule is C=C(C)C1CC[C@]2(C(=O)OCOC(C)=O)CC[C@]3(C)[C@H](CC[C@@H]4[C@@]5(C)CC[C@@H](O)C(C)(C)C5CC[C@]43C)C12. The molecule has 0 radical (unpaired) electrons. The van der Waals surface area contributed by atoms with Gasteiger partial charge in [-0.15, -0.1) is 0 Å². The fourth-order valence-corrected chi connectivity index (χ4v) is 11.8. The summed E-state index contributed by atoms with van der Waals surface area (Å²) in [6.07, 6.45) is 10.3. The molecule has 5 fully saturated rings. The van der Waals surface area contributed by atoms with E-state index < -0.39 is 11.4 Å². The van der Waals surface area contributed by atoms with Crippen molar-refractivity contribution in [1.29, 1.82) is 0 Å². The monoisotopic (exact) mass is 528 g/mol. The molecule has 5 nitrogen and oxygen atoms in total. The van der Waals surface area contributed by atoms with Gasteiger partial charge in [-0.25, -0.2) is 0 Å². The molecule has 0 bridgehead atoms. The minimum Gasteiger partial charge on any atom is -0.428 e. The van der Waals surface area contributed by atoms with Crippen LogP contribution >= 0.6 is 0 Å². The summed E-state index contributed by atoms with van der Waals surface area (Å²) in [4.78, 5) is 25.1. The Hall–Kier alpha value is -1.36. The van der Waals surface area contributed by atoms with Crippen LogP contribution < -0.4 is 0 Å². The second-order valence-electron chi connectivity index (χ2n) is 15.4. The fourth-order valence-electron chi connectivity index (χ4n) is 11.8. The van der Waals surface area contributed by atoms with Crippen molar-refractivity contribution in [2.24, 2.45) is 56.7 Å². The number of aliphatic hydroxyl groups excluding tert-OH is 1. The molecule has 5 rings (SSSR count). The standard InChI is InChI=1S/C33H52O5/c1-20(2)22-11-16-33(28(36)38-19-37-21(3)34)18-17-31(7)23(27(22)33)9-10-25-30(6)14-13-26(35)29(4,5)24(30)12-15-32(25,31)8/h22-27,35H,1,9-19H2,2-8H3/t22?,23-,24?,25-,26-,27?,30+,31-,32-,33+/m1/s1. The number of carbonyl (C=O) groups is 2. The summed E-state index contributed by atoms with van der Waals surface area (Å²) in [5, 5.41) is 11.0. The predicted octanol–water partition coefficient (Wildman–Crippen LogP) is 7.07. The summed E-state index contributed by atoms with van der Waals surface area (Å²) >= 11 is 0. The molecule has 0 aromatic rings. The maximum Gasteiger partial charge on any atom is 0.315 e. The number of esters is 2. The number of rotatable bonds is 4. The van der Waals surface area contributed by atoms with Crippen molar-refractivity contribution in [2.75, 3.05) is 6.79 Å². The third kappa shape index (κ3) is 3.65. The number of carbonyl (C=O) groups excluding carboxylic acids is 2. The summed E-state index contributed by atoms with van der Waals surface area (Å²) in [6, 6.07) is 0. The van der Waals surface area contributed by atoms with Crippen molar-refractivity contribution >= 4 is 11.9 Å². The molecule has 10 atom stereocenters. The Morgan fingerprint density at radius 1 is 0.816 bits per heavy atom. The summed E-state index contributed by atoms with van der Waals surface area (Å²) in [7, 11) is 0. The van der Waals surface area contributed by atoms with Gasteiger partial charge in [0.15, 0.2) is 0 Å². The number of hydrogen-bond donors (Lipinski definition) is 1. The van der Waals surface area contributed by atoms with E-state index >= 15 is 0 Å². The van der Waals surface area contributed by atoms with Gasteiger partial charge in [-0.2, -0.15) is 0 Å². The van der Waals surface area contributed by atoms with Crippen LogP contribution in [0, 0.1) is 56.7 Å². The highest BCUT2D eigenvalue weighted by atomic mass is 16.7. The number of allylic oxidation sites excluding steroid dienone is 1. The molecule has 3 unspecified atom stereocenters. The van der Waals surface area contributed by atoms with Crippen LogP contribution in [-0.4, -0.2) is 29.9 Å². The predicted molar refractivity (Wildman–Crippen MR) is 148 cm³/mol. The normalized spacial score (nSPS) is 49.1. The van der Waals surface area contributed by atoms with Gasteiger partial charge in [0.1, 0.15) is 0 Å². The molecule has 5 aliphatic carbocycles. The molecule has 0 spiro atoms. The maximum atomic E-state index is 13.8. The molecule has 5 aliphatic rings. The molecule has 38 heavy (non-hydrogen) atoms. The van der Waals surface area contributed by atoms with Gasteiger partial charge in [0.25, 0.3) is 0 Å². The first-order chi connectivity index (χ1) is 17.6.